The number of nitrogens with zero attached hydrogens (tertiary/aromatic N) is 3. The molecule has 2 aromatic carbocycles. The molecule has 1 saturated heterocycles. The highest BCUT2D eigenvalue weighted by Gasteiger charge is 2.28. The number of anilines is 1. The smallest absolute Gasteiger partial charge is 0.317 e. The molecule has 0 radical (unpaired) electrons. The number of urea groups is 1. The van der Waals surface area contributed by atoms with Gasteiger partial charge < -0.3 is 15.5 Å². The molecule has 9 heteroatoms. The number of likely N-dealkylation sites (tertiary alicyclic amines) is 1. The molecule has 31 heavy (non-hydrogen) atoms. The average Bonchev–Trinajstić information content (AvgIpc) is 3.29. The molecule has 4 rings (SSSR count). The molecule has 160 valence electrons. The van der Waals surface area contributed by atoms with E-state index in [1.54, 1.807) is 24.3 Å². The lowest BCUT2D eigenvalue weighted by Crippen LogP contribution is -2.44. The molecule has 0 saturated carbocycles. The summed E-state index contributed by atoms with van der Waals surface area (Å²) >= 11 is 7.23. The molecule has 2 heterocycles. The fraction of sp³-hybridized carbons (Fsp3) is 0.273. The molecule has 1 aliphatic heterocycles. The monoisotopic (exact) mass is 455 g/mol. The Morgan fingerprint density at radius 2 is 1.97 bits per heavy atom. The number of amides is 3. The first-order valence-corrected chi connectivity index (χ1v) is 11.2. The van der Waals surface area contributed by atoms with E-state index in [0.29, 0.717) is 35.4 Å². The van der Waals surface area contributed by atoms with Crippen molar-refractivity contribution in [2.45, 2.75) is 25.3 Å². The third kappa shape index (κ3) is 5.59. The lowest BCUT2D eigenvalue weighted by molar-refractivity contribution is 0.102. The second-order valence-corrected chi connectivity index (χ2v) is 8.78. The van der Waals surface area contributed by atoms with Crippen LogP contribution in [0.5, 0.6) is 0 Å². The maximum atomic E-state index is 12.6. The molecule has 0 spiro atoms. The van der Waals surface area contributed by atoms with Crippen LogP contribution in [0.25, 0.3) is 0 Å². The van der Waals surface area contributed by atoms with Crippen molar-refractivity contribution in [3.8, 4) is 0 Å². The Labute approximate surface area is 189 Å². The summed E-state index contributed by atoms with van der Waals surface area (Å²) in [5, 5.41) is 15.7. The summed E-state index contributed by atoms with van der Waals surface area (Å²) in [6.07, 6.45) is 1.79. The zero-order valence-electron chi connectivity index (χ0n) is 16.8. The lowest BCUT2D eigenvalue weighted by atomic mass is 9.99. The first kappa shape index (κ1) is 21.3. The lowest BCUT2D eigenvalue weighted by Gasteiger charge is -2.31. The number of piperidine rings is 1. The maximum absolute atomic E-state index is 12.6. The Bertz CT molecular complexity index is 1060. The van der Waals surface area contributed by atoms with Gasteiger partial charge in [-0.25, -0.2) is 4.79 Å². The van der Waals surface area contributed by atoms with Gasteiger partial charge in [-0.05, 0) is 36.6 Å². The number of benzene rings is 2. The van der Waals surface area contributed by atoms with Crippen LogP contribution in [0.3, 0.4) is 0 Å². The highest BCUT2D eigenvalue weighted by atomic mass is 35.5. The summed E-state index contributed by atoms with van der Waals surface area (Å²) in [6, 6.07) is 16.7. The Hall–Kier alpha value is -2.97. The van der Waals surface area contributed by atoms with Gasteiger partial charge in [0.25, 0.3) is 5.91 Å². The van der Waals surface area contributed by atoms with E-state index in [-0.39, 0.29) is 17.9 Å². The molecule has 2 N–H and O–H groups in total. The summed E-state index contributed by atoms with van der Waals surface area (Å²) in [6.45, 7) is 1.76. The molecule has 0 bridgehead atoms. The van der Waals surface area contributed by atoms with Gasteiger partial charge in [-0.2, -0.15) is 0 Å². The van der Waals surface area contributed by atoms with Crippen molar-refractivity contribution in [2.75, 3.05) is 18.4 Å². The predicted molar refractivity (Wildman–Crippen MR) is 122 cm³/mol. The van der Waals surface area contributed by atoms with Gasteiger partial charge in [0.1, 0.15) is 5.01 Å². The van der Waals surface area contributed by atoms with E-state index in [0.717, 1.165) is 23.4 Å². The Morgan fingerprint density at radius 1 is 1.13 bits per heavy atom. The molecule has 3 aromatic rings. The highest BCUT2D eigenvalue weighted by molar-refractivity contribution is 7.13. The fourth-order valence-corrected chi connectivity index (χ4v) is 4.55. The molecular weight excluding hydrogens is 434 g/mol. The van der Waals surface area contributed by atoms with Crippen molar-refractivity contribution in [3.63, 3.8) is 0 Å². The second-order valence-electron chi connectivity index (χ2n) is 7.34. The van der Waals surface area contributed by atoms with Gasteiger partial charge in [0.15, 0.2) is 0 Å². The second kappa shape index (κ2) is 9.89. The SMILES string of the molecule is O=C(Nc1cccc(Cl)c1)c1nnc([C@H]2CCCN(C(=O)NCc3ccccc3)C2)s1. The van der Waals surface area contributed by atoms with Crippen LogP contribution < -0.4 is 10.6 Å². The molecule has 1 aromatic heterocycles. The van der Waals surface area contributed by atoms with Gasteiger partial charge in [0, 0.05) is 36.3 Å². The van der Waals surface area contributed by atoms with Gasteiger partial charge in [-0.3, -0.25) is 4.79 Å². The first-order valence-electron chi connectivity index (χ1n) is 10.1. The van der Waals surface area contributed by atoms with E-state index in [2.05, 4.69) is 20.8 Å². The maximum Gasteiger partial charge on any atom is 0.317 e. The van der Waals surface area contributed by atoms with E-state index in [4.69, 9.17) is 11.6 Å². The first-order chi connectivity index (χ1) is 15.1. The third-order valence-electron chi connectivity index (χ3n) is 5.06. The van der Waals surface area contributed by atoms with E-state index in [1.807, 2.05) is 35.2 Å². The molecule has 0 aliphatic carbocycles. The number of hydrogen-bond donors (Lipinski definition) is 2. The fourth-order valence-electron chi connectivity index (χ4n) is 3.49. The highest BCUT2D eigenvalue weighted by Crippen LogP contribution is 2.29. The normalized spacial score (nSPS) is 16.0. The van der Waals surface area contributed by atoms with Crippen LogP contribution in [-0.2, 0) is 6.54 Å². The van der Waals surface area contributed by atoms with Crippen molar-refractivity contribution in [1.82, 2.24) is 20.4 Å². The summed E-state index contributed by atoms with van der Waals surface area (Å²) in [7, 11) is 0. The molecule has 7 nitrogen and oxygen atoms in total. The van der Waals surface area contributed by atoms with Crippen LogP contribution in [0, 0.1) is 0 Å². The number of hydrogen-bond acceptors (Lipinski definition) is 5. The van der Waals surface area contributed by atoms with E-state index in [9.17, 15) is 9.59 Å². The van der Waals surface area contributed by atoms with Crippen LogP contribution >= 0.6 is 22.9 Å². The molecular formula is C22H22ClN5O2S. The number of carbonyl (C=O) groups is 2. The van der Waals surface area contributed by atoms with Gasteiger partial charge in [0.05, 0.1) is 0 Å². The van der Waals surface area contributed by atoms with Crippen molar-refractivity contribution in [1.29, 1.82) is 0 Å². The van der Waals surface area contributed by atoms with Crippen LogP contribution in [-0.4, -0.2) is 40.1 Å². The van der Waals surface area contributed by atoms with Gasteiger partial charge >= 0.3 is 6.03 Å². The molecule has 1 aliphatic rings. The number of carbonyl (C=O) groups excluding carboxylic acids is 2. The number of halogens is 1. The van der Waals surface area contributed by atoms with Gasteiger partial charge in [0.2, 0.25) is 5.01 Å². The van der Waals surface area contributed by atoms with Crippen LogP contribution in [0.15, 0.2) is 54.6 Å². The summed E-state index contributed by atoms with van der Waals surface area (Å²) in [5.74, 6) is -0.249. The van der Waals surface area contributed by atoms with Crippen LogP contribution in [0.4, 0.5) is 10.5 Å². The Kier molecular flexibility index (Phi) is 6.79. The zero-order chi connectivity index (χ0) is 21.6. The molecule has 1 atom stereocenters. The van der Waals surface area contributed by atoms with Gasteiger partial charge in [-0.1, -0.05) is 59.3 Å². The number of aromatic nitrogens is 2. The summed E-state index contributed by atoms with van der Waals surface area (Å²) in [4.78, 5) is 26.9. The third-order valence-corrected chi connectivity index (χ3v) is 6.38. The molecule has 3 amide bonds. The average molecular weight is 456 g/mol. The molecule has 1 fully saturated rings. The Balaban J connectivity index is 1.34. The van der Waals surface area contributed by atoms with E-state index < -0.39 is 0 Å². The molecule has 0 unspecified atom stereocenters. The topological polar surface area (TPSA) is 87.2 Å². The Morgan fingerprint density at radius 3 is 2.77 bits per heavy atom. The van der Waals surface area contributed by atoms with E-state index in [1.165, 1.54) is 11.3 Å². The quantitative estimate of drug-likeness (QED) is 0.591. The van der Waals surface area contributed by atoms with Crippen molar-refractivity contribution in [2.24, 2.45) is 0 Å². The predicted octanol–water partition coefficient (Wildman–Crippen LogP) is 4.53. The number of rotatable bonds is 5. The van der Waals surface area contributed by atoms with E-state index >= 15 is 0 Å². The van der Waals surface area contributed by atoms with Crippen LogP contribution in [0.1, 0.15) is 39.1 Å². The minimum atomic E-state index is -0.320. The summed E-state index contributed by atoms with van der Waals surface area (Å²) < 4.78 is 0. The van der Waals surface area contributed by atoms with Gasteiger partial charge in [-0.15, -0.1) is 10.2 Å². The standard InChI is InChI=1S/C22H22ClN5O2S/c23-17-9-4-10-18(12-17)25-19(29)21-27-26-20(31-21)16-8-5-11-28(14-16)22(30)24-13-15-6-2-1-3-7-15/h1-4,6-7,9-10,12,16H,5,8,11,13-14H2,(H,24,30)(H,25,29)/t16-/m0/s1. The van der Waals surface area contributed by atoms with Crippen molar-refractivity contribution >= 4 is 40.6 Å². The zero-order valence-corrected chi connectivity index (χ0v) is 18.3. The van der Waals surface area contributed by atoms with Crippen LogP contribution in [0.2, 0.25) is 5.02 Å². The minimum absolute atomic E-state index is 0.0708. The number of nitrogens with one attached hydrogen (secondary N) is 2. The minimum Gasteiger partial charge on any atom is -0.334 e. The largest absolute Gasteiger partial charge is 0.334 e. The van der Waals surface area contributed by atoms with Crippen molar-refractivity contribution < 1.29 is 9.59 Å². The van der Waals surface area contributed by atoms with Crippen molar-refractivity contribution in [3.05, 3.63) is 75.2 Å². The summed E-state index contributed by atoms with van der Waals surface area (Å²) in [5.41, 5.74) is 1.66.